The first-order valence-corrected chi connectivity index (χ1v) is 4.29. The maximum Gasteiger partial charge on any atom is 0.238 e. The average Bonchev–Trinajstić information content (AvgIpc) is 2.31. The monoisotopic (exact) mass is 170 g/mol. The van der Waals surface area contributed by atoms with E-state index in [0.29, 0.717) is 12.3 Å². The van der Waals surface area contributed by atoms with Crippen LogP contribution in [-0.4, -0.2) is 35.3 Å². The van der Waals surface area contributed by atoms with Crippen LogP contribution in [0.25, 0.3) is 0 Å². The molecule has 0 aromatic carbocycles. The van der Waals surface area contributed by atoms with Crippen molar-refractivity contribution in [1.82, 2.24) is 4.90 Å². The maximum absolute atomic E-state index is 10.9. The summed E-state index contributed by atoms with van der Waals surface area (Å²) in [5.74, 6) is 0.643. The topological polar surface area (TPSA) is 32.7 Å². The quantitative estimate of drug-likeness (QED) is 0.572. The van der Waals surface area contributed by atoms with Gasteiger partial charge in [-0.2, -0.15) is 0 Å². The standard InChI is InChI=1S/C7H10N2OS/c1-3-4-8-7-9(2)6(10)5-11-7/h3H,1,4-5H2,2H3. The molecule has 0 aliphatic carbocycles. The van der Waals surface area contributed by atoms with Gasteiger partial charge in [-0.3, -0.25) is 14.7 Å². The van der Waals surface area contributed by atoms with E-state index < -0.39 is 0 Å². The third-order valence-corrected chi connectivity index (χ3v) is 2.39. The Morgan fingerprint density at radius 2 is 2.64 bits per heavy atom. The minimum Gasteiger partial charge on any atom is -0.294 e. The lowest BCUT2D eigenvalue weighted by molar-refractivity contribution is -0.123. The van der Waals surface area contributed by atoms with Crippen molar-refractivity contribution in [3.63, 3.8) is 0 Å². The Morgan fingerprint density at radius 3 is 3.09 bits per heavy atom. The highest BCUT2D eigenvalue weighted by Gasteiger charge is 2.23. The van der Waals surface area contributed by atoms with E-state index in [9.17, 15) is 4.79 Å². The van der Waals surface area contributed by atoms with E-state index in [-0.39, 0.29) is 5.91 Å². The summed E-state index contributed by atoms with van der Waals surface area (Å²) in [5, 5.41) is 0.801. The molecule has 3 nitrogen and oxygen atoms in total. The van der Waals surface area contributed by atoms with E-state index in [0.717, 1.165) is 5.17 Å². The van der Waals surface area contributed by atoms with Crippen LogP contribution in [0, 0.1) is 0 Å². The van der Waals surface area contributed by atoms with Crippen molar-refractivity contribution in [2.45, 2.75) is 0 Å². The molecule has 0 aromatic heterocycles. The van der Waals surface area contributed by atoms with Gasteiger partial charge in [-0.25, -0.2) is 0 Å². The van der Waals surface area contributed by atoms with Crippen molar-refractivity contribution in [3.8, 4) is 0 Å². The number of amides is 1. The molecule has 1 rings (SSSR count). The van der Waals surface area contributed by atoms with Crippen molar-refractivity contribution < 1.29 is 4.79 Å². The first-order valence-electron chi connectivity index (χ1n) is 3.30. The van der Waals surface area contributed by atoms with E-state index >= 15 is 0 Å². The van der Waals surface area contributed by atoms with Gasteiger partial charge in [-0.15, -0.1) is 6.58 Å². The van der Waals surface area contributed by atoms with Crippen LogP contribution in [0.3, 0.4) is 0 Å². The van der Waals surface area contributed by atoms with Crippen LogP contribution in [0.1, 0.15) is 0 Å². The summed E-state index contributed by atoms with van der Waals surface area (Å²) < 4.78 is 0. The second-order valence-electron chi connectivity index (χ2n) is 2.15. The number of amidine groups is 1. The Labute approximate surface area is 70.2 Å². The fourth-order valence-corrected chi connectivity index (χ4v) is 1.63. The van der Waals surface area contributed by atoms with Gasteiger partial charge in [0.05, 0.1) is 12.3 Å². The van der Waals surface area contributed by atoms with Crippen molar-refractivity contribution in [2.24, 2.45) is 4.99 Å². The van der Waals surface area contributed by atoms with Gasteiger partial charge in [0, 0.05) is 7.05 Å². The lowest BCUT2D eigenvalue weighted by Gasteiger charge is -2.06. The van der Waals surface area contributed by atoms with E-state index in [1.807, 2.05) is 0 Å². The summed E-state index contributed by atoms with van der Waals surface area (Å²) in [6, 6.07) is 0. The lowest BCUT2D eigenvalue weighted by Crippen LogP contribution is -2.24. The van der Waals surface area contributed by atoms with Gasteiger partial charge < -0.3 is 0 Å². The molecule has 0 atom stereocenters. The predicted octanol–water partition coefficient (Wildman–Crippen LogP) is 0.734. The van der Waals surface area contributed by atoms with Crippen LogP contribution in [0.2, 0.25) is 0 Å². The summed E-state index contributed by atoms with van der Waals surface area (Å²) in [5.41, 5.74) is 0. The fourth-order valence-electron chi connectivity index (χ4n) is 0.721. The van der Waals surface area contributed by atoms with Crippen molar-refractivity contribution in [2.75, 3.05) is 19.3 Å². The molecule has 11 heavy (non-hydrogen) atoms. The van der Waals surface area contributed by atoms with Crippen LogP contribution < -0.4 is 0 Å². The van der Waals surface area contributed by atoms with Crippen molar-refractivity contribution >= 4 is 22.8 Å². The first kappa shape index (κ1) is 8.33. The Bertz CT molecular complexity index is 212. The third-order valence-electron chi connectivity index (χ3n) is 1.34. The number of rotatable bonds is 2. The molecular formula is C7H10N2OS. The second-order valence-corrected chi connectivity index (χ2v) is 3.10. The molecule has 0 saturated carbocycles. The molecule has 0 aromatic rings. The summed E-state index contributed by atoms with van der Waals surface area (Å²) in [7, 11) is 1.74. The zero-order valence-corrected chi connectivity index (χ0v) is 7.23. The molecule has 1 fully saturated rings. The van der Waals surface area contributed by atoms with Gasteiger partial charge in [-0.1, -0.05) is 17.8 Å². The van der Waals surface area contributed by atoms with E-state index in [4.69, 9.17) is 0 Å². The van der Waals surface area contributed by atoms with Crippen LogP contribution in [0.15, 0.2) is 17.6 Å². The minimum atomic E-state index is 0.123. The number of hydrogen-bond donors (Lipinski definition) is 0. The summed E-state index contributed by atoms with van der Waals surface area (Å²) in [4.78, 5) is 16.7. The maximum atomic E-state index is 10.9. The van der Waals surface area contributed by atoms with Crippen LogP contribution in [0.5, 0.6) is 0 Å². The normalized spacial score (nSPS) is 21.4. The van der Waals surface area contributed by atoms with E-state index in [2.05, 4.69) is 11.6 Å². The second kappa shape index (κ2) is 3.57. The molecule has 60 valence electrons. The first-order chi connectivity index (χ1) is 5.25. The molecule has 0 spiro atoms. The van der Waals surface area contributed by atoms with Gasteiger partial charge in [0.2, 0.25) is 5.91 Å². The highest BCUT2D eigenvalue weighted by atomic mass is 32.2. The fraction of sp³-hybridized carbons (Fsp3) is 0.429. The highest BCUT2D eigenvalue weighted by molar-refractivity contribution is 8.15. The van der Waals surface area contributed by atoms with Crippen LogP contribution in [-0.2, 0) is 4.79 Å². The molecule has 0 radical (unpaired) electrons. The number of hydrogen-bond acceptors (Lipinski definition) is 3. The number of thioether (sulfide) groups is 1. The average molecular weight is 170 g/mol. The zero-order chi connectivity index (χ0) is 8.27. The molecule has 0 unspecified atom stereocenters. The largest absolute Gasteiger partial charge is 0.294 e. The van der Waals surface area contributed by atoms with Gasteiger partial charge in [-0.05, 0) is 0 Å². The van der Waals surface area contributed by atoms with Crippen molar-refractivity contribution in [1.29, 1.82) is 0 Å². The molecule has 4 heteroatoms. The smallest absolute Gasteiger partial charge is 0.238 e. The van der Waals surface area contributed by atoms with E-state index in [1.165, 1.54) is 11.8 Å². The Hall–Kier alpha value is -0.770. The highest BCUT2D eigenvalue weighted by Crippen LogP contribution is 2.16. The molecule has 1 aliphatic rings. The molecule has 1 aliphatic heterocycles. The Balaban J connectivity index is 2.60. The van der Waals surface area contributed by atoms with Gasteiger partial charge in [0.15, 0.2) is 5.17 Å². The van der Waals surface area contributed by atoms with Crippen molar-refractivity contribution in [3.05, 3.63) is 12.7 Å². The number of aliphatic imine (C=N–C) groups is 1. The predicted molar refractivity (Wildman–Crippen MR) is 47.7 cm³/mol. The third kappa shape index (κ3) is 1.83. The SMILES string of the molecule is C=CCN=C1SCC(=O)N1C. The summed E-state index contributed by atoms with van der Waals surface area (Å²) in [6.07, 6.45) is 1.71. The number of carbonyl (C=O) groups is 1. The Kier molecular flexibility index (Phi) is 2.70. The summed E-state index contributed by atoms with van der Waals surface area (Å²) in [6.45, 7) is 4.13. The van der Waals surface area contributed by atoms with Gasteiger partial charge in [0.1, 0.15) is 0 Å². The van der Waals surface area contributed by atoms with Gasteiger partial charge in [0.25, 0.3) is 0 Å². The minimum absolute atomic E-state index is 0.123. The molecular weight excluding hydrogens is 160 g/mol. The number of carbonyl (C=O) groups excluding carboxylic acids is 1. The molecule has 0 N–H and O–H groups in total. The van der Waals surface area contributed by atoms with Gasteiger partial charge >= 0.3 is 0 Å². The Morgan fingerprint density at radius 1 is 1.91 bits per heavy atom. The lowest BCUT2D eigenvalue weighted by atomic mass is 10.6. The molecule has 1 heterocycles. The van der Waals surface area contributed by atoms with Crippen LogP contribution >= 0.6 is 11.8 Å². The summed E-state index contributed by atoms with van der Waals surface area (Å²) >= 11 is 1.48. The molecule has 1 saturated heterocycles. The molecule has 1 amide bonds. The van der Waals surface area contributed by atoms with Crippen LogP contribution in [0.4, 0.5) is 0 Å². The zero-order valence-electron chi connectivity index (χ0n) is 6.41. The number of nitrogens with zero attached hydrogens (tertiary/aromatic N) is 2. The molecule has 0 bridgehead atoms. The van der Waals surface area contributed by atoms with E-state index in [1.54, 1.807) is 18.0 Å².